The molecule has 1 heterocycles. The Bertz CT molecular complexity index is 880. The number of halogens is 1. The van der Waals surface area contributed by atoms with Gasteiger partial charge < -0.3 is 15.3 Å². The average molecular weight is 359 g/mol. The first kappa shape index (κ1) is 17.5. The Hall–Kier alpha value is -2.35. The van der Waals surface area contributed by atoms with Gasteiger partial charge in [-0.15, -0.1) is 4.72 Å². The molecule has 0 radical (unpaired) electrons. The Labute approximate surface area is 147 Å². The lowest BCUT2D eigenvalue weighted by molar-refractivity contribution is -0.118. The molecule has 5 nitrogen and oxygen atoms in total. The molecule has 0 aliphatic heterocycles. The molecule has 4 N–H and O–H groups in total. The van der Waals surface area contributed by atoms with Crippen molar-refractivity contribution in [2.75, 3.05) is 6.54 Å². The third kappa shape index (κ3) is 4.19. The fourth-order valence-corrected chi connectivity index (χ4v) is 3.49. The van der Waals surface area contributed by atoms with Gasteiger partial charge in [0.1, 0.15) is 5.82 Å². The summed E-state index contributed by atoms with van der Waals surface area (Å²) < 4.78 is 28.3. The highest BCUT2D eigenvalue weighted by Crippen LogP contribution is 2.29. The number of rotatable bonds is 7. The van der Waals surface area contributed by atoms with Crippen LogP contribution in [0.15, 0.2) is 53.6 Å². The van der Waals surface area contributed by atoms with Crippen LogP contribution in [0.1, 0.15) is 12.8 Å². The Morgan fingerprint density at radius 1 is 1.24 bits per heavy atom. The van der Waals surface area contributed by atoms with Gasteiger partial charge in [0.2, 0.25) is 5.91 Å². The quantitative estimate of drug-likeness (QED) is 0.447. The van der Waals surface area contributed by atoms with E-state index < -0.39 is 11.4 Å². The largest absolute Gasteiger partial charge is 0.593 e. The van der Waals surface area contributed by atoms with Crippen LogP contribution < -0.4 is 10.5 Å². The molecule has 1 atom stereocenters. The zero-order valence-electron chi connectivity index (χ0n) is 13.4. The second-order valence-electron chi connectivity index (χ2n) is 5.65. The Balaban J connectivity index is 1.70. The summed E-state index contributed by atoms with van der Waals surface area (Å²) in [6, 6.07) is 12.0. The molecule has 7 heteroatoms. The summed E-state index contributed by atoms with van der Waals surface area (Å²) in [6.45, 7) is 0.450. The van der Waals surface area contributed by atoms with Crippen LogP contribution in [-0.2, 0) is 16.2 Å². The second-order valence-corrected chi connectivity index (χ2v) is 6.95. The van der Waals surface area contributed by atoms with Crippen molar-refractivity contribution in [2.45, 2.75) is 17.7 Å². The number of carbonyl (C=O) groups is 1. The maximum Gasteiger partial charge on any atom is 0.217 e. The van der Waals surface area contributed by atoms with Crippen LogP contribution in [0.25, 0.3) is 22.0 Å². The molecular formula is C18H18FN3O2S. The summed E-state index contributed by atoms with van der Waals surface area (Å²) in [5, 5.41) is 0.930. The number of aromatic amines is 1. The zero-order chi connectivity index (χ0) is 17.8. The van der Waals surface area contributed by atoms with Crippen molar-refractivity contribution in [3.63, 3.8) is 0 Å². The molecular weight excluding hydrogens is 341 g/mol. The number of fused-ring (bicyclic) bond motifs is 1. The van der Waals surface area contributed by atoms with Gasteiger partial charge >= 0.3 is 0 Å². The summed E-state index contributed by atoms with van der Waals surface area (Å²) in [5.74, 6) is -0.649. The number of benzene rings is 2. The number of nitrogens with two attached hydrogens (primary N) is 1. The number of carbonyl (C=O) groups excluding carboxylic acids is 1. The van der Waals surface area contributed by atoms with Crippen LogP contribution in [0.5, 0.6) is 0 Å². The van der Waals surface area contributed by atoms with Gasteiger partial charge in [0, 0.05) is 35.6 Å². The molecule has 0 spiro atoms. The number of H-pyrrole nitrogens is 1. The van der Waals surface area contributed by atoms with Crippen molar-refractivity contribution in [3.05, 3.63) is 54.5 Å². The number of hydrogen-bond acceptors (Lipinski definition) is 3. The number of aromatic nitrogens is 1. The topological polar surface area (TPSA) is 94.0 Å². The SMILES string of the molecule is NC(=O)CCCN[S+]([O-])c1ccc(-c2c[nH]c3cc(F)ccc23)cc1. The molecule has 3 aromatic rings. The summed E-state index contributed by atoms with van der Waals surface area (Å²) in [5.41, 5.74) is 7.71. The lowest BCUT2D eigenvalue weighted by Gasteiger charge is -2.10. The number of primary amides is 1. The predicted molar refractivity (Wildman–Crippen MR) is 96.5 cm³/mol. The predicted octanol–water partition coefficient (Wildman–Crippen LogP) is 2.85. The fraction of sp³-hybridized carbons (Fsp3) is 0.167. The molecule has 0 bridgehead atoms. The van der Waals surface area contributed by atoms with Gasteiger partial charge in [0.15, 0.2) is 4.90 Å². The summed E-state index contributed by atoms with van der Waals surface area (Å²) in [4.78, 5) is 14.4. The highest BCUT2D eigenvalue weighted by molar-refractivity contribution is 7.89. The van der Waals surface area contributed by atoms with Gasteiger partial charge in [-0.05, 0) is 54.4 Å². The zero-order valence-corrected chi connectivity index (χ0v) is 14.2. The molecule has 3 rings (SSSR count). The average Bonchev–Trinajstić information content (AvgIpc) is 3.01. The number of amides is 1. The van der Waals surface area contributed by atoms with E-state index in [1.54, 1.807) is 18.2 Å². The van der Waals surface area contributed by atoms with Crippen LogP contribution in [-0.4, -0.2) is 22.0 Å². The molecule has 0 aliphatic carbocycles. The van der Waals surface area contributed by atoms with E-state index in [0.717, 1.165) is 22.0 Å². The van der Waals surface area contributed by atoms with Crippen LogP contribution in [0.3, 0.4) is 0 Å². The first-order valence-corrected chi connectivity index (χ1v) is 9.00. The molecule has 0 saturated heterocycles. The standard InChI is InChI=1S/C18H18FN3O2S/c19-13-5-8-15-16(11-21-17(15)10-13)12-3-6-14(7-4-12)25(24)22-9-1-2-18(20)23/h3-8,10-11,21-22H,1-2,9H2,(H2,20,23). The van der Waals surface area contributed by atoms with E-state index in [1.807, 2.05) is 18.3 Å². The van der Waals surface area contributed by atoms with Crippen molar-refractivity contribution < 1.29 is 13.7 Å². The fourth-order valence-electron chi connectivity index (χ4n) is 2.61. The normalized spacial score (nSPS) is 12.4. The van der Waals surface area contributed by atoms with Crippen molar-refractivity contribution in [1.82, 2.24) is 9.71 Å². The first-order valence-electron chi connectivity index (χ1n) is 7.85. The maximum atomic E-state index is 13.3. The number of hydrogen-bond donors (Lipinski definition) is 3. The Kier molecular flexibility index (Phi) is 5.37. The molecule has 25 heavy (non-hydrogen) atoms. The van der Waals surface area contributed by atoms with Crippen LogP contribution in [0.4, 0.5) is 4.39 Å². The van der Waals surface area contributed by atoms with Gasteiger partial charge in [-0.3, -0.25) is 4.79 Å². The van der Waals surface area contributed by atoms with Crippen molar-refractivity contribution in [3.8, 4) is 11.1 Å². The van der Waals surface area contributed by atoms with Crippen molar-refractivity contribution in [2.24, 2.45) is 5.73 Å². The van der Waals surface area contributed by atoms with Crippen LogP contribution in [0.2, 0.25) is 0 Å². The van der Waals surface area contributed by atoms with Gasteiger partial charge in [-0.2, -0.15) is 0 Å². The number of nitrogens with one attached hydrogen (secondary N) is 2. The van der Waals surface area contributed by atoms with Crippen molar-refractivity contribution in [1.29, 1.82) is 0 Å². The van der Waals surface area contributed by atoms with E-state index >= 15 is 0 Å². The molecule has 0 fully saturated rings. The maximum absolute atomic E-state index is 13.3. The van der Waals surface area contributed by atoms with E-state index in [0.29, 0.717) is 17.9 Å². The monoisotopic (exact) mass is 359 g/mol. The lowest BCUT2D eigenvalue weighted by atomic mass is 10.1. The summed E-state index contributed by atoms with van der Waals surface area (Å²) in [7, 11) is 0. The van der Waals surface area contributed by atoms with Gasteiger partial charge in [0.25, 0.3) is 0 Å². The molecule has 1 unspecified atom stereocenters. The minimum atomic E-state index is -1.34. The van der Waals surface area contributed by atoms with Crippen molar-refractivity contribution >= 4 is 28.2 Å². The summed E-state index contributed by atoms with van der Waals surface area (Å²) >= 11 is -1.34. The summed E-state index contributed by atoms with van der Waals surface area (Å²) in [6.07, 6.45) is 2.65. The molecule has 1 aromatic heterocycles. The molecule has 0 aliphatic rings. The molecule has 2 aromatic carbocycles. The second kappa shape index (κ2) is 7.69. The first-order chi connectivity index (χ1) is 12.0. The molecule has 1 amide bonds. The van der Waals surface area contributed by atoms with E-state index in [-0.39, 0.29) is 18.1 Å². The van der Waals surface area contributed by atoms with E-state index in [2.05, 4.69) is 9.71 Å². The van der Waals surface area contributed by atoms with Crippen LogP contribution >= 0.6 is 0 Å². The smallest absolute Gasteiger partial charge is 0.217 e. The Morgan fingerprint density at radius 2 is 2.00 bits per heavy atom. The lowest BCUT2D eigenvalue weighted by Crippen LogP contribution is -2.25. The molecule has 130 valence electrons. The third-order valence-corrected chi connectivity index (χ3v) is 5.02. The van der Waals surface area contributed by atoms with Gasteiger partial charge in [-0.25, -0.2) is 4.39 Å². The molecule has 0 saturated carbocycles. The van der Waals surface area contributed by atoms with Gasteiger partial charge in [0.05, 0.1) is 11.4 Å². The van der Waals surface area contributed by atoms with E-state index in [1.165, 1.54) is 12.1 Å². The highest BCUT2D eigenvalue weighted by atomic mass is 32.2. The van der Waals surface area contributed by atoms with Crippen LogP contribution in [0, 0.1) is 5.82 Å². The van der Waals surface area contributed by atoms with E-state index in [4.69, 9.17) is 5.73 Å². The van der Waals surface area contributed by atoms with E-state index in [9.17, 15) is 13.7 Å². The van der Waals surface area contributed by atoms with Gasteiger partial charge in [-0.1, -0.05) is 0 Å². The third-order valence-electron chi connectivity index (χ3n) is 3.86. The highest BCUT2D eigenvalue weighted by Gasteiger charge is 2.12. The Morgan fingerprint density at radius 3 is 2.72 bits per heavy atom. The minimum absolute atomic E-state index is 0.268. The minimum Gasteiger partial charge on any atom is -0.593 e.